The van der Waals surface area contributed by atoms with Crippen molar-refractivity contribution >= 4 is 23.5 Å². The minimum absolute atomic E-state index is 0.0830. The number of hydrogen-bond donors (Lipinski definition) is 0. The summed E-state index contributed by atoms with van der Waals surface area (Å²) in [4.78, 5) is 38.4. The molecule has 1 aliphatic heterocycles. The van der Waals surface area contributed by atoms with Crippen LogP contribution < -0.4 is 9.64 Å². The van der Waals surface area contributed by atoms with E-state index in [1.54, 1.807) is 24.3 Å². The van der Waals surface area contributed by atoms with Gasteiger partial charge in [-0.15, -0.1) is 0 Å². The van der Waals surface area contributed by atoms with Crippen molar-refractivity contribution in [3.63, 3.8) is 0 Å². The fourth-order valence-corrected chi connectivity index (χ4v) is 3.96. The van der Waals surface area contributed by atoms with Crippen molar-refractivity contribution < 1.29 is 19.1 Å². The second-order valence-electron chi connectivity index (χ2n) is 7.29. The summed E-state index contributed by atoms with van der Waals surface area (Å²) in [5, 5.41) is 0. The molecule has 1 aromatic carbocycles. The molecule has 2 atom stereocenters. The second kappa shape index (κ2) is 8.47. The first-order valence-corrected chi connectivity index (χ1v) is 9.80. The Morgan fingerprint density at radius 2 is 1.62 bits per heavy atom. The number of unbranched alkanes of at least 4 members (excludes halogenated alkanes) is 3. The number of benzene rings is 1. The molecule has 1 aliphatic carbocycles. The number of fused-ring (bicyclic) bond motifs is 1. The van der Waals surface area contributed by atoms with Gasteiger partial charge in [0.15, 0.2) is 0 Å². The quantitative estimate of drug-likeness (QED) is 0.317. The van der Waals surface area contributed by atoms with Gasteiger partial charge in [-0.05, 0) is 43.5 Å². The standard InChI is InChI=1S/C21H27NO4/c1-2-3-4-5-10-19(23)26-16-13-11-15(12-14-16)22-20(24)17-8-6-7-9-18(17)21(22)25/h11-14,17-18H,2-10H2,1H3/t17-,18+. The molecule has 0 N–H and O–H groups in total. The Labute approximate surface area is 154 Å². The first-order valence-electron chi connectivity index (χ1n) is 9.80. The van der Waals surface area contributed by atoms with Crippen molar-refractivity contribution in [1.29, 1.82) is 0 Å². The van der Waals surface area contributed by atoms with Crippen LogP contribution in [0.3, 0.4) is 0 Å². The van der Waals surface area contributed by atoms with Crippen LogP contribution in [0, 0.1) is 11.8 Å². The molecule has 1 saturated carbocycles. The number of carbonyl (C=O) groups is 3. The predicted molar refractivity (Wildman–Crippen MR) is 98.8 cm³/mol. The number of nitrogens with zero attached hydrogens (tertiary/aromatic N) is 1. The fraction of sp³-hybridized carbons (Fsp3) is 0.571. The number of carbonyl (C=O) groups excluding carboxylic acids is 3. The zero-order chi connectivity index (χ0) is 18.5. The summed E-state index contributed by atoms with van der Waals surface area (Å²) in [7, 11) is 0. The van der Waals surface area contributed by atoms with Gasteiger partial charge in [0.1, 0.15) is 5.75 Å². The summed E-state index contributed by atoms with van der Waals surface area (Å²) in [5.41, 5.74) is 0.567. The van der Waals surface area contributed by atoms with Crippen LogP contribution in [-0.2, 0) is 14.4 Å². The van der Waals surface area contributed by atoms with Crippen LogP contribution in [0.2, 0.25) is 0 Å². The molecule has 1 aromatic rings. The maximum atomic E-state index is 12.6. The summed E-state index contributed by atoms with van der Waals surface area (Å²) >= 11 is 0. The number of esters is 1. The third-order valence-corrected chi connectivity index (χ3v) is 5.40. The topological polar surface area (TPSA) is 63.7 Å². The number of hydrogen-bond acceptors (Lipinski definition) is 4. The van der Waals surface area contributed by atoms with Crippen molar-refractivity contribution in [2.75, 3.05) is 4.90 Å². The molecule has 26 heavy (non-hydrogen) atoms. The number of amides is 2. The predicted octanol–water partition coefficient (Wildman–Crippen LogP) is 4.24. The average Bonchev–Trinajstić information content (AvgIpc) is 2.91. The first kappa shape index (κ1) is 18.6. The smallest absolute Gasteiger partial charge is 0.311 e. The van der Waals surface area contributed by atoms with E-state index in [2.05, 4.69) is 6.92 Å². The summed E-state index contributed by atoms with van der Waals surface area (Å²) in [6.07, 6.45) is 8.18. The number of anilines is 1. The largest absolute Gasteiger partial charge is 0.427 e. The number of ether oxygens (including phenoxy) is 1. The SMILES string of the molecule is CCCCCCC(=O)Oc1ccc(N2C(=O)[C@H]3CCCC[C@H]3C2=O)cc1. The van der Waals surface area contributed by atoms with Crippen molar-refractivity contribution in [2.45, 2.75) is 64.7 Å². The van der Waals surface area contributed by atoms with Crippen LogP contribution >= 0.6 is 0 Å². The van der Waals surface area contributed by atoms with Gasteiger partial charge in [0.2, 0.25) is 11.8 Å². The minimum atomic E-state index is -0.242. The van der Waals surface area contributed by atoms with Crippen LogP contribution in [-0.4, -0.2) is 17.8 Å². The summed E-state index contributed by atoms with van der Waals surface area (Å²) in [6.45, 7) is 2.13. The Bertz CT molecular complexity index is 643. The molecule has 1 heterocycles. The zero-order valence-corrected chi connectivity index (χ0v) is 15.4. The number of rotatable bonds is 7. The average molecular weight is 357 g/mol. The third-order valence-electron chi connectivity index (χ3n) is 5.40. The van der Waals surface area contributed by atoms with E-state index in [1.165, 1.54) is 4.90 Å². The van der Waals surface area contributed by atoms with Crippen LogP contribution in [0.5, 0.6) is 5.75 Å². The van der Waals surface area contributed by atoms with Crippen molar-refractivity contribution in [2.24, 2.45) is 11.8 Å². The molecule has 0 spiro atoms. The second-order valence-corrected chi connectivity index (χ2v) is 7.29. The number of imide groups is 1. The monoisotopic (exact) mass is 357 g/mol. The van der Waals surface area contributed by atoms with Crippen molar-refractivity contribution in [3.05, 3.63) is 24.3 Å². The third kappa shape index (κ3) is 3.97. The molecule has 2 amide bonds. The Morgan fingerprint density at radius 1 is 1.00 bits per heavy atom. The molecule has 140 valence electrons. The van der Waals surface area contributed by atoms with Crippen LogP contribution in [0.25, 0.3) is 0 Å². The van der Waals surface area contributed by atoms with E-state index < -0.39 is 0 Å². The van der Waals surface area contributed by atoms with Gasteiger partial charge in [-0.25, -0.2) is 0 Å². The lowest BCUT2D eigenvalue weighted by molar-refractivity contribution is -0.134. The van der Waals surface area contributed by atoms with Gasteiger partial charge in [-0.2, -0.15) is 0 Å². The minimum Gasteiger partial charge on any atom is -0.427 e. The molecule has 1 saturated heterocycles. The molecule has 2 aliphatic rings. The lowest BCUT2D eigenvalue weighted by Gasteiger charge is -2.19. The lowest BCUT2D eigenvalue weighted by atomic mass is 9.81. The molecule has 5 heteroatoms. The maximum Gasteiger partial charge on any atom is 0.311 e. The lowest BCUT2D eigenvalue weighted by Crippen LogP contribution is -2.30. The summed E-state index contributed by atoms with van der Waals surface area (Å²) in [5.74, 6) is -0.270. The Hall–Kier alpha value is -2.17. The molecule has 0 unspecified atom stereocenters. The Morgan fingerprint density at radius 3 is 2.19 bits per heavy atom. The van der Waals surface area contributed by atoms with Crippen LogP contribution in [0.4, 0.5) is 5.69 Å². The molecule has 3 rings (SSSR count). The molecule has 0 aromatic heterocycles. The van der Waals surface area contributed by atoms with Crippen molar-refractivity contribution in [1.82, 2.24) is 0 Å². The van der Waals surface area contributed by atoms with Crippen LogP contribution in [0.15, 0.2) is 24.3 Å². The first-order chi connectivity index (χ1) is 12.6. The van der Waals surface area contributed by atoms with E-state index in [0.717, 1.165) is 51.4 Å². The van der Waals surface area contributed by atoms with Gasteiger partial charge >= 0.3 is 5.97 Å². The van der Waals surface area contributed by atoms with Crippen LogP contribution in [0.1, 0.15) is 64.7 Å². The molecule has 2 fully saturated rings. The van der Waals surface area contributed by atoms with E-state index in [4.69, 9.17) is 4.74 Å². The van der Waals surface area contributed by atoms with Crippen molar-refractivity contribution in [3.8, 4) is 5.75 Å². The molecule has 0 radical (unpaired) electrons. The van der Waals surface area contributed by atoms with E-state index in [0.29, 0.717) is 17.9 Å². The van der Waals surface area contributed by atoms with E-state index in [9.17, 15) is 14.4 Å². The molecule has 0 bridgehead atoms. The normalized spacial score (nSPS) is 22.4. The Kier molecular flexibility index (Phi) is 6.07. The molecular formula is C21H27NO4. The van der Waals surface area contributed by atoms with E-state index in [-0.39, 0.29) is 29.6 Å². The highest BCUT2D eigenvalue weighted by molar-refractivity contribution is 6.22. The van der Waals surface area contributed by atoms with E-state index in [1.807, 2.05) is 0 Å². The highest BCUT2D eigenvalue weighted by atomic mass is 16.5. The summed E-state index contributed by atoms with van der Waals surface area (Å²) < 4.78 is 5.33. The summed E-state index contributed by atoms with van der Waals surface area (Å²) in [6, 6.07) is 6.68. The molecule has 5 nitrogen and oxygen atoms in total. The highest BCUT2D eigenvalue weighted by Crippen LogP contribution is 2.40. The Balaban J connectivity index is 1.60. The highest BCUT2D eigenvalue weighted by Gasteiger charge is 2.48. The molecular weight excluding hydrogens is 330 g/mol. The van der Waals surface area contributed by atoms with E-state index >= 15 is 0 Å². The zero-order valence-electron chi connectivity index (χ0n) is 15.4. The van der Waals surface area contributed by atoms with Gasteiger partial charge in [-0.3, -0.25) is 19.3 Å². The van der Waals surface area contributed by atoms with Gasteiger partial charge in [0, 0.05) is 6.42 Å². The fourth-order valence-electron chi connectivity index (χ4n) is 3.96. The van der Waals surface area contributed by atoms with Gasteiger partial charge in [-0.1, -0.05) is 39.0 Å². The van der Waals surface area contributed by atoms with Gasteiger partial charge in [0.05, 0.1) is 17.5 Å². The van der Waals surface area contributed by atoms with Gasteiger partial charge in [0.25, 0.3) is 0 Å². The van der Waals surface area contributed by atoms with Gasteiger partial charge < -0.3 is 4.74 Å². The maximum absolute atomic E-state index is 12.6.